The van der Waals surface area contributed by atoms with Crippen molar-refractivity contribution in [3.63, 3.8) is 0 Å². The fourth-order valence-corrected chi connectivity index (χ4v) is 2.79. The number of halogens is 3. The number of nitrogens with zero attached hydrogens (tertiary/aromatic N) is 5. The minimum absolute atomic E-state index is 0.297. The number of fused-ring (bicyclic) bond motifs is 3. The lowest BCUT2D eigenvalue weighted by atomic mass is 10.2. The molecule has 6 nitrogen and oxygen atoms in total. The van der Waals surface area contributed by atoms with E-state index in [1.165, 1.54) is 16.9 Å². The molecule has 0 saturated carbocycles. The van der Waals surface area contributed by atoms with Crippen molar-refractivity contribution in [1.82, 2.24) is 24.9 Å². The van der Waals surface area contributed by atoms with Gasteiger partial charge in [-0.1, -0.05) is 0 Å². The molecule has 120 valence electrons. The van der Waals surface area contributed by atoms with Crippen molar-refractivity contribution >= 4 is 22.5 Å². The fraction of sp³-hybridized carbons (Fsp3) is 0.357. The third kappa shape index (κ3) is 2.37. The van der Waals surface area contributed by atoms with Gasteiger partial charge in [0, 0.05) is 26.2 Å². The lowest BCUT2D eigenvalue weighted by molar-refractivity contribution is -0.137. The lowest BCUT2D eigenvalue weighted by Gasteiger charge is -2.28. The molecule has 0 amide bonds. The van der Waals surface area contributed by atoms with Gasteiger partial charge in [0.25, 0.3) is 0 Å². The molecule has 0 unspecified atom stereocenters. The molecule has 9 heteroatoms. The Bertz CT molecular complexity index is 866. The van der Waals surface area contributed by atoms with Crippen LogP contribution in [0.15, 0.2) is 24.5 Å². The Balaban J connectivity index is 1.94. The molecule has 0 aliphatic carbocycles. The summed E-state index contributed by atoms with van der Waals surface area (Å²) in [5.74, 6) is 0.649. The molecule has 1 N–H and O–H groups in total. The maximum atomic E-state index is 12.9. The van der Waals surface area contributed by atoms with Gasteiger partial charge in [-0.2, -0.15) is 18.3 Å². The highest BCUT2D eigenvalue weighted by Gasteiger charge is 2.31. The van der Waals surface area contributed by atoms with Crippen molar-refractivity contribution in [2.75, 3.05) is 31.1 Å². The summed E-state index contributed by atoms with van der Waals surface area (Å²) in [4.78, 5) is 10.8. The molecule has 1 aliphatic heterocycles. The Morgan fingerprint density at radius 3 is 2.65 bits per heavy atom. The highest BCUT2D eigenvalue weighted by Crippen LogP contribution is 2.32. The van der Waals surface area contributed by atoms with Crippen LogP contribution >= 0.6 is 0 Å². The number of anilines is 1. The molecule has 1 aliphatic rings. The van der Waals surface area contributed by atoms with Crippen molar-refractivity contribution in [1.29, 1.82) is 0 Å². The standard InChI is InChI=1S/C14H13F3N6/c15-14(16,17)9-1-2-10-11(7-9)23-12(19-8-20-23)13(21-10)22-5-3-18-4-6-22/h1-2,7-8,18H,3-6H2. The number of rotatable bonds is 1. The second kappa shape index (κ2) is 5.05. The summed E-state index contributed by atoms with van der Waals surface area (Å²) >= 11 is 0. The van der Waals surface area contributed by atoms with Gasteiger partial charge in [-0.25, -0.2) is 14.5 Å². The molecule has 0 bridgehead atoms. The summed E-state index contributed by atoms with van der Waals surface area (Å²) in [7, 11) is 0. The van der Waals surface area contributed by atoms with Crippen LogP contribution in [0.5, 0.6) is 0 Å². The van der Waals surface area contributed by atoms with E-state index in [0.717, 1.165) is 38.3 Å². The largest absolute Gasteiger partial charge is 0.416 e. The number of hydrogen-bond acceptors (Lipinski definition) is 5. The maximum absolute atomic E-state index is 12.9. The third-order valence-electron chi connectivity index (χ3n) is 3.92. The molecule has 3 heterocycles. The first-order chi connectivity index (χ1) is 11.0. The van der Waals surface area contributed by atoms with Crippen molar-refractivity contribution in [2.24, 2.45) is 0 Å². The zero-order chi connectivity index (χ0) is 16.0. The second-order valence-corrected chi connectivity index (χ2v) is 5.37. The topological polar surface area (TPSA) is 58.4 Å². The van der Waals surface area contributed by atoms with Crippen LogP contribution in [-0.4, -0.2) is 45.8 Å². The minimum atomic E-state index is -4.40. The van der Waals surface area contributed by atoms with Gasteiger partial charge in [0.15, 0.2) is 11.5 Å². The average Bonchev–Trinajstić information content (AvgIpc) is 3.03. The van der Waals surface area contributed by atoms with Crippen LogP contribution in [-0.2, 0) is 6.18 Å². The summed E-state index contributed by atoms with van der Waals surface area (Å²) in [6.07, 6.45) is -3.07. The van der Waals surface area contributed by atoms with Gasteiger partial charge in [0.2, 0.25) is 0 Å². The predicted octanol–water partition coefficient (Wildman–Crippen LogP) is 1.71. The van der Waals surface area contributed by atoms with Crippen molar-refractivity contribution in [3.8, 4) is 0 Å². The van der Waals surface area contributed by atoms with Crippen LogP contribution in [0.25, 0.3) is 16.7 Å². The van der Waals surface area contributed by atoms with Crippen LogP contribution in [0, 0.1) is 0 Å². The van der Waals surface area contributed by atoms with Gasteiger partial charge in [0.1, 0.15) is 6.33 Å². The van der Waals surface area contributed by atoms with E-state index >= 15 is 0 Å². The molecule has 2 aromatic heterocycles. The highest BCUT2D eigenvalue weighted by molar-refractivity contribution is 5.83. The van der Waals surface area contributed by atoms with Crippen molar-refractivity contribution in [3.05, 3.63) is 30.1 Å². The fourth-order valence-electron chi connectivity index (χ4n) is 2.79. The Hall–Kier alpha value is -2.42. The zero-order valence-electron chi connectivity index (χ0n) is 12.0. The molecule has 1 saturated heterocycles. The molecule has 3 aromatic rings. The highest BCUT2D eigenvalue weighted by atomic mass is 19.4. The van der Waals surface area contributed by atoms with E-state index < -0.39 is 11.7 Å². The van der Waals surface area contributed by atoms with Crippen LogP contribution in [0.1, 0.15) is 5.56 Å². The molecule has 0 atom stereocenters. The molecule has 0 spiro atoms. The lowest BCUT2D eigenvalue weighted by Crippen LogP contribution is -2.44. The van der Waals surface area contributed by atoms with Crippen LogP contribution in [0.3, 0.4) is 0 Å². The first-order valence-electron chi connectivity index (χ1n) is 7.20. The number of piperazine rings is 1. The molecular formula is C14H13F3N6. The van der Waals surface area contributed by atoms with Gasteiger partial charge in [-0.05, 0) is 18.2 Å². The first kappa shape index (κ1) is 14.2. The van der Waals surface area contributed by atoms with E-state index in [9.17, 15) is 13.2 Å². The molecule has 1 aromatic carbocycles. The molecule has 0 radical (unpaired) electrons. The first-order valence-corrected chi connectivity index (χ1v) is 7.20. The van der Waals surface area contributed by atoms with E-state index in [2.05, 4.69) is 25.3 Å². The number of benzene rings is 1. The third-order valence-corrected chi connectivity index (χ3v) is 3.92. The van der Waals surface area contributed by atoms with Crippen molar-refractivity contribution in [2.45, 2.75) is 6.18 Å². The summed E-state index contributed by atoms with van der Waals surface area (Å²) in [6, 6.07) is 3.48. The van der Waals surface area contributed by atoms with E-state index in [-0.39, 0.29) is 0 Å². The quantitative estimate of drug-likeness (QED) is 0.739. The van der Waals surface area contributed by atoms with E-state index in [0.29, 0.717) is 22.5 Å². The summed E-state index contributed by atoms with van der Waals surface area (Å²) in [5, 5.41) is 7.33. The Labute approximate surface area is 128 Å². The summed E-state index contributed by atoms with van der Waals surface area (Å²) < 4.78 is 40.2. The monoisotopic (exact) mass is 322 g/mol. The molecule has 23 heavy (non-hydrogen) atoms. The van der Waals surface area contributed by atoms with Crippen LogP contribution in [0.4, 0.5) is 19.0 Å². The number of hydrogen-bond donors (Lipinski definition) is 1. The number of aromatic nitrogens is 4. The molecule has 1 fully saturated rings. The Morgan fingerprint density at radius 2 is 1.91 bits per heavy atom. The SMILES string of the molecule is FC(F)(F)c1ccc2nc(N3CCNCC3)c3ncnn3c2c1. The Morgan fingerprint density at radius 1 is 1.13 bits per heavy atom. The van der Waals surface area contributed by atoms with E-state index in [1.807, 2.05) is 0 Å². The van der Waals surface area contributed by atoms with Gasteiger partial charge >= 0.3 is 6.18 Å². The predicted molar refractivity (Wildman–Crippen MR) is 78.4 cm³/mol. The number of nitrogens with one attached hydrogen (secondary N) is 1. The van der Waals surface area contributed by atoms with Gasteiger partial charge in [-0.15, -0.1) is 0 Å². The van der Waals surface area contributed by atoms with Gasteiger partial charge < -0.3 is 10.2 Å². The second-order valence-electron chi connectivity index (χ2n) is 5.37. The summed E-state index contributed by atoms with van der Waals surface area (Å²) in [5.41, 5.74) is 0.507. The van der Waals surface area contributed by atoms with Gasteiger partial charge in [0.05, 0.1) is 16.6 Å². The maximum Gasteiger partial charge on any atom is 0.416 e. The molecule has 4 rings (SSSR count). The Kier molecular flexibility index (Phi) is 3.12. The van der Waals surface area contributed by atoms with Crippen LogP contribution < -0.4 is 10.2 Å². The normalized spacial score (nSPS) is 16.4. The average molecular weight is 322 g/mol. The van der Waals surface area contributed by atoms with E-state index in [1.54, 1.807) is 0 Å². The molecular weight excluding hydrogens is 309 g/mol. The minimum Gasteiger partial charge on any atom is -0.351 e. The zero-order valence-corrected chi connectivity index (χ0v) is 12.0. The summed E-state index contributed by atoms with van der Waals surface area (Å²) in [6.45, 7) is 3.18. The smallest absolute Gasteiger partial charge is 0.351 e. The van der Waals surface area contributed by atoms with Gasteiger partial charge in [-0.3, -0.25) is 0 Å². The van der Waals surface area contributed by atoms with Crippen molar-refractivity contribution < 1.29 is 13.2 Å². The van der Waals surface area contributed by atoms with Crippen LogP contribution in [0.2, 0.25) is 0 Å². The van der Waals surface area contributed by atoms with E-state index in [4.69, 9.17) is 0 Å². The number of alkyl halides is 3.